The Balaban J connectivity index is 1.48. The van der Waals surface area contributed by atoms with Crippen LogP contribution in [0.15, 0.2) is 115 Å². The van der Waals surface area contributed by atoms with E-state index in [1.54, 1.807) is 0 Å². The van der Waals surface area contributed by atoms with Crippen molar-refractivity contribution in [3.8, 4) is 34.1 Å². The molecule has 170 valence electrons. The molecule has 2 aliphatic heterocycles. The molecule has 0 radical (unpaired) electrons. The first-order valence-electron chi connectivity index (χ1n) is 12.0. The lowest BCUT2D eigenvalue weighted by Gasteiger charge is -2.38. The lowest BCUT2D eigenvalue weighted by molar-refractivity contribution is 0.469. The van der Waals surface area contributed by atoms with E-state index in [4.69, 9.17) is 21.3 Å². The zero-order valence-corrected chi connectivity index (χ0v) is 20.9. The minimum atomic E-state index is -2.40. The molecule has 6 aromatic carbocycles. The molecule has 4 heteroatoms. The molecular formula is C32H19O2PS. The van der Waals surface area contributed by atoms with Gasteiger partial charge in [-0.15, -0.1) is 0 Å². The molecule has 6 aromatic rings. The number of ether oxygens (including phenoxy) is 2. The van der Waals surface area contributed by atoms with E-state index in [-0.39, 0.29) is 0 Å². The van der Waals surface area contributed by atoms with E-state index in [2.05, 4.69) is 103 Å². The quantitative estimate of drug-likeness (QED) is 0.217. The van der Waals surface area contributed by atoms with Crippen molar-refractivity contribution in [1.82, 2.24) is 0 Å². The smallest absolute Gasteiger partial charge is 0.144 e. The van der Waals surface area contributed by atoms with Crippen LogP contribution in [-0.2, 0) is 11.8 Å². The number of para-hydroxylation sites is 1. The van der Waals surface area contributed by atoms with Gasteiger partial charge in [-0.25, -0.2) is 0 Å². The summed E-state index contributed by atoms with van der Waals surface area (Å²) in [5, 5.41) is 7.84. The van der Waals surface area contributed by atoms with Crippen LogP contribution in [0.4, 0.5) is 0 Å². The monoisotopic (exact) mass is 498 g/mol. The maximum absolute atomic E-state index is 6.77. The predicted octanol–water partition coefficient (Wildman–Crippen LogP) is 7.63. The number of hydrogen-bond donors (Lipinski definition) is 0. The summed E-state index contributed by atoms with van der Waals surface area (Å²) >= 11 is 6.71. The Labute approximate surface area is 213 Å². The maximum atomic E-state index is 6.77. The predicted molar refractivity (Wildman–Crippen MR) is 153 cm³/mol. The largest absolute Gasteiger partial charge is 0.456 e. The fourth-order valence-electron chi connectivity index (χ4n) is 5.67. The van der Waals surface area contributed by atoms with Crippen molar-refractivity contribution in [1.29, 1.82) is 0 Å². The standard InChI is InChI=1S/C32H19O2PS/c36-35-29-15-6-5-14-26(29)33-27-18-22(24-13-7-10-20-8-1-3-11-23(20)24)19-28(32(27)35)34-31-25-12-4-2-9-21(25)16-17-30(31)35/h1-19H. The summed E-state index contributed by atoms with van der Waals surface area (Å²) in [6.45, 7) is 0. The fraction of sp³-hybridized carbons (Fsp3) is 0. The Hall–Kier alpha value is -3.91. The molecule has 0 saturated carbocycles. The van der Waals surface area contributed by atoms with Gasteiger partial charge < -0.3 is 9.47 Å². The SMILES string of the molecule is S=P12c3ccccc3Oc3cc(-c4cccc5ccccc45)cc(c31)Oc1c2ccc2ccccc12. The van der Waals surface area contributed by atoms with Crippen LogP contribution in [0, 0.1) is 0 Å². The van der Waals surface area contributed by atoms with Crippen LogP contribution >= 0.6 is 6.04 Å². The van der Waals surface area contributed by atoms with Crippen LogP contribution in [0.25, 0.3) is 32.7 Å². The van der Waals surface area contributed by atoms with Crippen molar-refractivity contribution in [3.63, 3.8) is 0 Å². The molecule has 2 aliphatic rings. The third-order valence-electron chi connectivity index (χ3n) is 7.29. The number of benzene rings is 6. The van der Waals surface area contributed by atoms with Crippen LogP contribution in [0.5, 0.6) is 23.0 Å². The summed E-state index contributed by atoms with van der Waals surface area (Å²) < 4.78 is 13.3. The van der Waals surface area contributed by atoms with Gasteiger partial charge in [-0.2, -0.15) is 0 Å². The number of fused-ring (bicyclic) bond motifs is 7. The molecule has 2 nitrogen and oxygen atoms in total. The van der Waals surface area contributed by atoms with E-state index in [1.807, 2.05) is 12.1 Å². The van der Waals surface area contributed by atoms with Gasteiger partial charge >= 0.3 is 0 Å². The van der Waals surface area contributed by atoms with E-state index in [1.165, 1.54) is 10.8 Å². The molecule has 0 fully saturated rings. The van der Waals surface area contributed by atoms with Crippen LogP contribution in [0.2, 0.25) is 0 Å². The lowest BCUT2D eigenvalue weighted by atomic mass is 9.98. The molecule has 0 amide bonds. The highest BCUT2D eigenvalue weighted by molar-refractivity contribution is 8.26. The lowest BCUT2D eigenvalue weighted by Crippen LogP contribution is -2.35. The fourth-order valence-corrected chi connectivity index (χ4v) is 10.1. The Bertz CT molecular complexity index is 1940. The third kappa shape index (κ3) is 2.65. The van der Waals surface area contributed by atoms with E-state index < -0.39 is 6.04 Å². The first-order chi connectivity index (χ1) is 17.7. The van der Waals surface area contributed by atoms with E-state index in [0.717, 1.165) is 60.8 Å². The Morgan fingerprint density at radius 1 is 0.528 bits per heavy atom. The van der Waals surface area contributed by atoms with Crippen molar-refractivity contribution in [2.24, 2.45) is 0 Å². The highest BCUT2D eigenvalue weighted by Gasteiger charge is 2.43. The number of rotatable bonds is 1. The van der Waals surface area contributed by atoms with E-state index in [9.17, 15) is 0 Å². The third-order valence-corrected chi connectivity index (χ3v) is 12.2. The second-order valence-electron chi connectivity index (χ2n) is 9.26. The Morgan fingerprint density at radius 3 is 2.06 bits per heavy atom. The molecule has 1 atom stereocenters. The zero-order valence-electron chi connectivity index (χ0n) is 19.1. The maximum Gasteiger partial charge on any atom is 0.144 e. The van der Waals surface area contributed by atoms with E-state index >= 15 is 0 Å². The van der Waals surface area contributed by atoms with Crippen LogP contribution in [-0.4, -0.2) is 0 Å². The van der Waals surface area contributed by atoms with Crippen molar-refractivity contribution in [3.05, 3.63) is 115 Å². The average molecular weight is 499 g/mol. The molecule has 2 heterocycles. The average Bonchev–Trinajstić information content (AvgIpc) is 2.92. The minimum absolute atomic E-state index is 0.802. The molecule has 0 saturated heterocycles. The second-order valence-corrected chi connectivity index (χ2v) is 13.5. The van der Waals surface area contributed by atoms with Gasteiger partial charge in [0.25, 0.3) is 0 Å². The van der Waals surface area contributed by atoms with Gasteiger partial charge in [-0.05, 0) is 57.6 Å². The van der Waals surface area contributed by atoms with Crippen molar-refractivity contribution in [2.75, 3.05) is 0 Å². The first-order valence-corrected chi connectivity index (χ1v) is 14.8. The van der Waals surface area contributed by atoms with Gasteiger partial charge in [-0.1, -0.05) is 96.7 Å². The van der Waals surface area contributed by atoms with Gasteiger partial charge in [0.05, 0.1) is 11.3 Å². The highest BCUT2D eigenvalue weighted by atomic mass is 32.4. The van der Waals surface area contributed by atoms with Crippen LogP contribution in [0.3, 0.4) is 0 Å². The summed E-state index contributed by atoms with van der Waals surface area (Å²) in [5.41, 5.74) is 2.21. The summed E-state index contributed by atoms with van der Waals surface area (Å²) in [4.78, 5) is 0. The molecule has 0 N–H and O–H groups in total. The molecule has 0 aliphatic carbocycles. The number of hydrogen-bond acceptors (Lipinski definition) is 3. The summed E-state index contributed by atoms with van der Waals surface area (Å²) in [5.74, 6) is 3.32. The Kier molecular flexibility index (Phi) is 4.12. The van der Waals surface area contributed by atoms with Crippen LogP contribution in [0.1, 0.15) is 0 Å². The topological polar surface area (TPSA) is 18.5 Å². The molecule has 1 unspecified atom stereocenters. The first kappa shape index (κ1) is 20.3. The van der Waals surface area contributed by atoms with Crippen molar-refractivity contribution in [2.45, 2.75) is 0 Å². The Morgan fingerprint density at radius 2 is 1.19 bits per heavy atom. The van der Waals surface area contributed by atoms with Crippen LogP contribution < -0.4 is 25.4 Å². The van der Waals surface area contributed by atoms with Crippen molar-refractivity contribution >= 4 is 55.3 Å². The molecule has 0 aromatic heterocycles. The normalized spacial score (nSPS) is 17.0. The van der Waals surface area contributed by atoms with Crippen molar-refractivity contribution < 1.29 is 9.47 Å². The van der Waals surface area contributed by atoms with Gasteiger partial charge in [0, 0.05) is 16.0 Å². The van der Waals surface area contributed by atoms with Gasteiger partial charge in [0.15, 0.2) is 0 Å². The molecule has 0 spiro atoms. The van der Waals surface area contributed by atoms with Gasteiger partial charge in [0.1, 0.15) is 23.0 Å². The zero-order chi connectivity index (χ0) is 23.9. The van der Waals surface area contributed by atoms with Gasteiger partial charge in [0.2, 0.25) is 0 Å². The van der Waals surface area contributed by atoms with Gasteiger partial charge in [-0.3, -0.25) is 0 Å². The minimum Gasteiger partial charge on any atom is -0.456 e. The molecular weight excluding hydrogens is 479 g/mol. The summed E-state index contributed by atoms with van der Waals surface area (Å²) in [6, 6.07) is 37.7. The molecule has 36 heavy (non-hydrogen) atoms. The summed E-state index contributed by atoms with van der Waals surface area (Å²) in [6.07, 6.45) is 0. The van der Waals surface area contributed by atoms with E-state index in [0.29, 0.717) is 0 Å². The molecule has 8 rings (SSSR count). The summed E-state index contributed by atoms with van der Waals surface area (Å²) in [7, 11) is 0. The molecule has 0 bridgehead atoms. The second kappa shape index (κ2) is 7.30. The highest BCUT2D eigenvalue weighted by Crippen LogP contribution is 2.60.